The molecule has 5 rings (SSSR count). The Morgan fingerprint density at radius 3 is 1.85 bits per heavy atom. The number of hydrogen-bond acceptors (Lipinski definition) is 4. The van der Waals surface area contributed by atoms with Crippen LogP contribution in [-0.2, 0) is 9.59 Å². The van der Waals surface area contributed by atoms with Crippen molar-refractivity contribution < 1.29 is 33.4 Å². The number of aromatic hydroxyl groups is 1. The Bertz CT molecular complexity index is 1490. The molecular formula is C32H28F2N2O5. The molecular weight excluding hydrogens is 530 g/mol. The van der Waals surface area contributed by atoms with Gasteiger partial charge in [0.25, 0.3) is 11.8 Å². The minimum atomic E-state index is -1.32. The van der Waals surface area contributed by atoms with Gasteiger partial charge < -0.3 is 10.2 Å². The van der Waals surface area contributed by atoms with E-state index in [0.29, 0.717) is 23.9 Å². The lowest BCUT2D eigenvalue weighted by Gasteiger charge is -2.27. The molecule has 0 unspecified atom stereocenters. The molecule has 41 heavy (non-hydrogen) atoms. The summed E-state index contributed by atoms with van der Waals surface area (Å²) in [4.78, 5) is 36.6. The fraction of sp³-hybridized carbons (Fsp3) is 0.156. The van der Waals surface area contributed by atoms with Gasteiger partial charge in [0, 0.05) is 11.6 Å². The number of aromatic carboxylic acids is 1. The highest BCUT2D eigenvalue weighted by atomic mass is 19.1. The molecule has 1 saturated heterocycles. The number of carbonyl (C=O) groups is 3. The Labute approximate surface area is 235 Å². The van der Waals surface area contributed by atoms with Crippen LogP contribution in [0.3, 0.4) is 0 Å². The zero-order chi connectivity index (χ0) is 29.5. The molecule has 0 spiro atoms. The predicted octanol–water partition coefficient (Wildman–Crippen LogP) is 6.82. The maximum atomic E-state index is 13.5. The lowest BCUT2D eigenvalue weighted by molar-refractivity contribution is -0.127. The Hall–Kier alpha value is -5.05. The van der Waals surface area contributed by atoms with Crippen LogP contribution in [0.2, 0.25) is 0 Å². The van der Waals surface area contributed by atoms with E-state index in [2.05, 4.69) is 6.92 Å². The smallest absolute Gasteiger partial charge is 0.339 e. The maximum absolute atomic E-state index is 13.5. The Kier molecular flexibility index (Phi) is 9.08. The van der Waals surface area contributed by atoms with Gasteiger partial charge in [-0.05, 0) is 60.5 Å². The summed E-state index contributed by atoms with van der Waals surface area (Å²) in [5.41, 5.74) is 1.42. The van der Waals surface area contributed by atoms with E-state index in [1.807, 2.05) is 60.7 Å². The molecule has 1 fully saturated rings. The summed E-state index contributed by atoms with van der Waals surface area (Å²) >= 11 is 0. The average Bonchev–Trinajstić information content (AvgIpc) is 3.22. The van der Waals surface area contributed by atoms with Crippen LogP contribution in [0, 0.1) is 17.6 Å². The Morgan fingerprint density at radius 2 is 1.37 bits per heavy atom. The zero-order valence-electron chi connectivity index (χ0n) is 22.2. The van der Waals surface area contributed by atoms with Gasteiger partial charge in [-0.25, -0.2) is 23.6 Å². The first-order valence-corrected chi connectivity index (χ1v) is 13.0. The van der Waals surface area contributed by atoms with Crippen molar-refractivity contribution in [3.63, 3.8) is 0 Å². The molecule has 1 aliphatic rings. The zero-order valence-corrected chi connectivity index (χ0v) is 22.2. The topological polar surface area (TPSA) is 98.2 Å². The number of anilines is 2. The fourth-order valence-electron chi connectivity index (χ4n) is 4.48. The third kappa shape index (κ3) is 6.41. The van der Waals surface area contributed by atoms with Crippen molar-refractivity contribution in [3.8, 4) is 16.9 Å². The van der Waals surface area contributed by atoms with Gasteiger partial charge in [0.1, 0.15) is 28.9 Å². The van der Waals surface area contributed by atoms with Gasteiger partial charge >= 0.3 is 5.97 Å². The average molecular weight is 559 g/mol. The number of benzene rings is 4. The molecule has 4 aromatic carbocycles. The summed E-state index contributed by atoms with van der Waals surface area (Å²) in [5, 5.41) is 21.2. The molecule has 7 nitrogen and oxygen atoms in total. The molecule has 2 N–H and O–H groups in total. The summed E-state index contributed by atoms with van der Waals surface area (Å²) in [6.07, 6.45) is 2.43. The van der Waals surface area contributed by atoms with Gasteiger partial charge in [0.2, 0.25) is 0 Å². The number of nitrogens with zero attached hydrogens (tertiary/aromatic N) is 2. The third-order valence-corrected chi connectivity index (χ3v) is 6.53. The molecule has 0 radical (unpaired) electrons. The van der Waals surface area contributed by atoms with E-state index in [1.165, 1.54) is 22.2 Å². The monoisotopic (exact) mass is 558 g/mol. The number of rotatable bonds is 7. The first-order valence-electron chi connectivity index (χ1n) is 13.0. The first kappa shape index (κ1) is 28.9. The standard InChI is InChI=1S/C19H20N2O2.C13H8F2O3/c1-2-3-14-17-18(22)20(15-10-6-4-7-11-15)21(19(17)23)16-12-8-5-9-13-16;14-8-2-3-9(11(15)6-8)7-1-4-12(16)10(5-7)13(17)18/h4-13,17H,2-3,14H2,1H3;1-6,16H,(H,17,18). The minimum Gasteiger partial charge on any atom is -0.507 e. The number of halogens is 2. The molecule has 1 aliphatic heterocycles. The van der Waals surface area contributed by atoms with Crippen LogP contribution in [0.15, 0.2) is 97.1 Å². The number of hydrogen-bond donors (Lipinski definition) is 2. The van der Waals surface area contributed by atoms with Crippen molar-refractivity contribution in [2.45, 2.75) is 26.2 Å². The molecule has 0 aliphatic carbocycles. The second-order valence-corrected chi connectivity index (χ2v) is 9.33. The van der Waals surface area contributed by atoms with Crippen LogP contribution in [0.4, 0.5) is 20.2 Å². The van der Waals surface area contributed by atoms with Crippen molar-refractivity contribution >= 4 is 29.2 Å². The molecule has 0 atom stereocenters. The lowest BCUT2D eigenvalue weighted by Crippen LogP contribution is -2.41. The number of carbonyl (C=O) groups excluding carboxylic acids is 2. The van der Waals surface area contributed by atoms with Crippen LogP contribution >= 0.6 is 0 Å². The minimum absolute atomic E-state index is 0.0684. The number of unbranched alkanes of at least 4 members (excludes halogenated alkanes) is 1. The second-order valence-electron chi connectivity index (χ2n) is 9.33. The summed E-state index contributed by atoms with van der Waals surface area (Å²) in [6, 6.07) is 25.3. The highest BCUT2D eigenvalue weighted by Crippen LogP contribution is 2.33. The van der Waals surface area contributed by atoms with E-state index in [4.69, 9.17) is 5.11 Å². The summed E-state index contributed by atoms with van der Waals surface area (Å²) in [7, 11) is 0. The van der Waals surface area contributed by atoms with Crippen molar-refractivity contribution in [3.05, 3.63) is 114 Å². The number of phenols is 1. The molecule has 2 amide bonds. The van der Waals surface area contributed by atoms with E-state index in [0.717, 1.165) is 31.0 Å². The Morgan fingerprint density at radius 1 is 0.805 bits per heavy atom. The van der Waals surface area contributed by atoms with E-state index in [1.54, 1.807) is 0 Å². The van der Waals surface area contributed by atoms with Crippen LogP contribution in [0.25, 0.3) is 11.1 Å². The van der Waals surface area contributed by atoms with Crippen molar-refractivity contribution in [1.29, 1.82) is 0 Å². The third-order valence-electron chi connectivity index (χ3n) is 6.53. The summed E-state index contributed by atoms with van der Waals surface area (Å²) in [5.74, 6) is -4.11. The van der Waals surface area contributed by atoms with Crippen molar-refractivity contribution in [2.24, 2.45) is 5.92 Å². The summed E-state index contributed by atoms with van der Waals surface area (Å²) in [6.45, 7) is 2.06. The van der Waals surface area contributed by atoms with Crippen molar-refractivity contribution in [1.82, 2.24) is 0 Å². The first-order chi connectivity index (χ1) is 19.7. The largest absolute Gasteiger partial charge is 0.507 e. The number of para-hydroxylation sites is 2. The summed E-state index contributed by atoms with van der Waals surface area (Å²) < 4.78 is 26.3. The maximum Gasteiger partial charge on any atom is 0.339 e. The molecule has 1 heterocycles. The Balaban J connectivity index is 0.000000195. The van der Waals surface area contributed by atoms with Crippen LogP contribution in [0.5, 0.6) is 5.75 Å². The van der Waals surface area contributed by atoms with E-state index in [-0.39, 0.29) is 28.5 Å². The normalized spacial score (nSPS) is 13.2. The van der Waals surface area contributed by atoms with E-state index >= 15 is 0 Å². The SMILES string of the molecule is CCCCC1C(=O)N(c2ccccc2)N(c2ccccc2)C1=O.O=C(O)c1cc(-c2ccc(F)cc2F)ccc1O. The predicted molar refractivity (Wildman–Crippen MR) is 151 cm³/mol. The van der Waals surface area contributed by atoms with Crippen LogP contribution in [0.1, 0.15) is 36.5 Å². The molecule has 210 valence electrons. The van der Waals surface area contributed by atoms with Crippen molar-refractivity contribution in [2.75, 3.05) is 10.0 Å². The van der Waals surface area contributed by atoms with Gasteiger partial charge in [-0.1, -0.05) is 62.2 Å². The highest BCUT2D eigenvalue weighted by Gasteiger charge is 2.46. The number of carboxylic acid groups (broad SMARTS) is 1. The molecule has 0 saturated carbocycles. The highest BCUT2D eigenvalue weighted by molar-refractivity contribution is 6.23. The number of amides is 2. The lowest BCUT2D eigenvalue weighted by atomic mass is 10.0. The van der Waals surface area contributed by atoms with Gasteiger partial charge in [-0.2, -0.15) is 0 Å². The van der Waals surface area contributed by atoms with Crippen LogP contribution in [-0.4, -0.2) is 28.0 Å². The fourth-order valence-corrected chi connectivity index (χ4v) is 4.48. The van der Waals surface area contributed by atoms with E-state index in [9.17, 15) is 28.3 Å². The second kappa shape index (κ2) is 12.9. The molecule has 9 heteroatoms. The molecule has 0 bridgehead atoms. The van der Waals surface area contributed by atoms with Gasteiger partial charge in [0.05, 0.1) is 11.4 Å². The molecule has 4 aromatic rings. The number of carboxylic acids is 1. The quantitative estimate of drug-likeness (QED) is 0.243. The van der Waals surface area contributed by atoms with Gasteiger partial charge in [-0.15, -0.1) is 0 Å². The number of hydrazine groups is 1. The van der Waals surface area contributed by atoms with Gasteiger partial charge in [-0.3, -0.25) is 9.59 Å². The van der Waals surface area contributed by atoms with Gasteiger partial charge in [0.15, 0.2) is 0 Å². The van der Waals surface area contributed by atoms with Crippen LogP contribution < -0.4 is 10.0 Å². The molecule has 0 aromatic heterocycles. The van der Waals surface area contributed by atoms with E-state index < -0.39 is 29.3 Å².